The molecular formula is C20H25NO2. The van der Waals surface area contributed by atoms with Gasteiger partial charge in [-0.25, -0.2) is 9.78 Å². The standard InChI is InChI=1S/C20H25NO2/c1-3-5-7-10-16-13-14-18(21-15-16)20(22)23-19(4-2)17-11-8-6-9-12-17/h6,8-9,11-15,19H,3-5,7,10H2,1-2H3. The molecule has 23 heavy (non-hydrogen) atoms. The number of carbonyl (C=O) groups excluding carboxylic acids is 1. The molecule has 3 heteroatoms. The zero-order valence-corrected chi connectivity index (χ0v) is 14.0. The number of nitrogens with zero attached hydrogens (tertiary/aromatic N) is 1. The van der Waals surface area contributed by atoms with Gasteiger partial charge >= 0.3 is 5.97 Å². The number of aromatic nitrogens is 1. The maximum atomic E-state index is 12.3. The van der Waals surface area contributed by atoms with Crippen LogP contribution in [0.5, 0.6) is 0 Å². The highest BCUT2D eigenvalue weighted by Gasteiger charge is 2.17. The lowest BCUT2D eigenvalue weighted by molar-refractivity contribution is 0.0281. The van der Waals surface area contributed by atoms with Gasteiger partial charge in [0.15, 0.2) is 0 Å². The Hall–Kier alpha value is -2.16. The lowest BCUT2D eigenvalue weighted by Gasteiger charge is -2.16. The second-order valence-electron chi connectivity index (χ2n) is 5.72. The van der Waals surface area contributed by atoms with Crippen molar-refractivity contribution in [1.82, 2.24) is 4.98 Å². The first-order valence-electron chi connectivity index (χ1n) is 8.45. The molecule has 0 aliphatic carbocycles. The number of aryl methyl sites for hydroxylation is 1. The predicted octanol–water partition coefficient (Wildman–Crippen LogP) is 5.12. The summed E-state index contributed by atoms with van der Waals surface area (Å²) in [5.74, 6) is -0.360. The Balaban J connectivity index is 1.97. The number of hydrogen-bond donors (Lipinski definition) is 0. The third kappa shape index (κ3) is 5.20. The molecule has 1 heterocycles. The van der Waals surface area contributed by atoms with E-state index in [1.807, 2.05) is 43.3 Å². The van der Waals surface area contributed by atoms with E-state index in [0.717, 1.165) is 24.8 Å². The first-order chi connectivity index (χ1) is 11.2. The van der Waals surface area contributed by atoms with Gasteiger partial charge in [-0.2, -0.15) is 0 Å². The molecule has 3 nitrogen and oxygen atoms in total. The summed E-state index contributed by atoms with van der Waals surface area (Å²) in [6.45, 7) is 4.20. The van der Waals surface area contributed by atoms with E-state index in [1.54, 1.807) is 12.3 Å². The molecule has 0 aliphatic rings. The second kappa shape index (κ2) is 9.09. The van der Waals surface area contributed by atoms with Crippen LogP contribution in [-0.2, 0) is 11.2 Å². The van der Waals surface area contributed by atoms with E-state index in [9.17, 15) is 4.79 Å². The molecule has 0 saturated carbocycles. The Bertz CT molecular complexity index is 593. The quantitative estimate of drug-likeness (QED) is 0.501. The number of unbranched alkanes of at least 4 members (excludes halogenated alkanes) is 2. The van der Waals surface area contributed by atoms with Crippen LogP contribution in [0, 0.1) is 0 Å². The van der Waals surface area contributed by atoms with Crippen LogP contribution in [0.1, 0.15) is 67.3 Å². The highest BCUT2D eigenvalue weighted by Crippen LogP contribution is 2.22. The predicted molar refractivity (Wildman–Crippen MR) is 92.4 cm³/mol. The molecule has 0 amide bonds. The van der Waals surface area contributed by atoms with Crippen molar-refractivity contribution >= 4 is 5.97 Å². The highest BCUT2D eigenvalue weighted by atomic mass is 16.5. The van der Waals surface area contributed by atoms with Gasteiger partial charge < -0.3 is 4.74 Å². The molecule has 0 spiro atoms. The minimum absolute atomic E-state index is 0.227. The molecule has 1 unspecified atom stereocenters. The Kier molecular flexibility index (Phi) is 6.79. The number of benzene rings is 1. The fourth-order valence-electron chi connectivity index (χ4n) is 2.52. The molecule has 0 fully saturated rings. The molecular weight excluding hydrogens is 286 g/mol. The number of rotatable bonds is 8. The number of carbonyl (C=O) groups is 1. The summed E-state index contributed by atoms with van der Waals surface area (Å²) in [5.41, 5.74) is 2.56. The molecule has 0 aliphatic heterocycles. The number of pyridine rings is 1. The molecule has 2 rings (SSSR count). The van der Waals surface area contributed by atoms with Crippen LogP contribution in [-0.4, -0.2) is 11.0 Å². The van der Waals surface area contributed by atoms with Crippen molar-refractivity contribution in [2.45, 2.75) is 52.1 Å². The van der Waals surface area contributed by atoms with Crippen LogP contribution >= 0.6 is 0 Å². The smallest absolute Gasteiger partial charge is 0.357 e. The van der Waals surface area contributed by atoms with Crippen molar-refractivity contribution in [3.8, 4) is 0 Å². The zero-order valence-electron chi connectivity index (χ0n) is 14.0. The molecule has 1 aromatic heterocycles. The van der Waals surface area contributed by atoms with Crippen LogP contribution in [0.3, 0.4) is 0 Å². The van der Waals surface area contributed by atoms with Gasteiger partial charge in [-0.05, 0) is 36.5 Å². The Morgan fingerprint density at radius 2 is 1.87 bits per heavy atom. The fraction of sp³-hybridized carbons (Fsp3) is 0.400. The summed E-state index contributed by atoms with van der Waals surface area (Å²) in [5, 5.41) is 0. The molecule has 122 valence electrons. The maximum Gasteiger partial charge on any atom is 0.357 e. The van der Waals surface area contributed by atoms with Gasteiger partial charge in [-0.1, -0.05) is 63.1 Å². The van der Waals surface area contributed by atoms with Crippen molar-refractivity contribution in [2.24, 2.45) is 0 Å². The Labute approximate surface area is 138 Å². The van der Waals surface area contributed by atoms with Gasteiger partial charge in [0.25, 0.3) is 0 Å². The number of hydrogen-bond acceptors (Lipinski definition) is 3. The van der Waals surface area contributed by atoms with E-state index < -0.39 is 0 Å². The van der Waals surface area contributed by atoms with E-state index in [0.29, 0.717) is 5.69 Å². The molecule has 0 bridgehead atoms. The second-order valence-corrected chi connectivity index (χ2v) is 5.72. The van der Waals surface area contributed by atoms with Crippen molar-refractivity contribution in [1.29, 1.82) is 0 Å². The molecule has 0 N–H and O–H groups in total. The summed E-state index contributed by atoms with van der Waals surface area (Å²) in [7, 11) is 0. The van der Waals surface area contributed by atoms with Crippen molar-refractivity contribution in [3.05, 3.63) is 65.5 Å². The minimum atomic E-state index is -0.360. The highest BCUT2D eigenvalue weighted by molar-refractivity contribution is 5.87. The lowest BCUT2D eigenvalue weighted by atomic mass is 10.1. The molecule has 1 atom stereocenters. The summed E-state index contributed by atoms with van der Waals surface area (Å²) >= 11 is 0. The van der Waals surface area contributed by atoms with Crippen LogP contribution in [0.15, 0.2) is 48.7 Å². The Morgan fingerprint density at radius 3 is 2.48 bits per heavy atom. The van der Waals surface area contributed by atoms with E-state index in [1.165, 1.54) is 18.4 Å². The monoisotopic (exact) mass is 311 g/mol. The third-order valence-corrected chi connectivity index (χ3v) is 3.89. The first kappa shape index (κ1) is 17.2. The van der Waals surface area contributed by atoms with Gasteiger partial charge in [-0.3, -0.25) is 0 Å². The van der Waals surface area contributed by atoms with E-state index in [2.05, 4.69) is 11.9 Å². The normalized spacial score (nSPS) is 11.9. The van der Waals surface area contributed by atoms with Crippen LogP contribution < -0.4 is 0 Å². The molecule has 0 radical (unpaired) electrons. The largest absolute Gasteiger partial charge is 0.453 e. The summed E-state index contributed by atoms with van der Waals surface area (Å²) in [6.07, 6.45) is 6.90. The third-order valence-electron chi connectivity index (χ3n) is 3.89. The van der Waals surface area contributed by atoms with Crippen LogP contribution in [0.4, 0.5) is 0 Å². The summed E-state index contributed by atoms with van der Waals surface area (Å²) in [6, 6.07) is 13.6. The first-order valence-corrected chi connectivity index (χ1v) is 8.45. The van der Waals surface area contributed by atoms with Gasteiger partial charge in [-0.15, -0.1) is 0 Å². The summed E-state index contributed by atoms with van der Waals surface area (Å²) in [4.78, 5) is 16.5. The van der Waals surface area contributed by atoms with E-state index in [-0.39, 0.29) is 12.1 Å². The van der Waals surface area contributed by atoms with E-state index in [4.69, 9.17) is 4.74 Å². The maximum absolute atomic E-state index is 12.3. The van der Waals surface area contributed by atoms with Gasteiger partial charge in [0.05, 0.1) is 0 Å². The van der Waals surface area contributed by atoms with Crippen LogP contribution in [0.25, 0.3) is 0 Å². The fourth-order valence-corrected chi connectivity index (χ4v) is 2.52. The van der Waals surface area contributed by atoms with Crippen molar-refractivity contribution in [2.75, 3.05) is 0 Å². The molecule has 2 aromatic rings. The number of ether oxygens (including phenoxy) is 1. The lowest BCUT2D eigenvalue weighted by Crippen LogP contribution is -2.12. The molecule has 1 aromatic carbocycles. The van der Waals surface area contributed by atoms with Gasteiger partial charge in [0.1, 0.15) is 11.8 Å². The average Bonchev–Trinajstić information content (AvgIpc) is 2.61. The van der Waals surface area contributed by atoms with Gasteiger partial charge in [0.2, 0.25) is 0 Å². The van der Waals surface area contributed by atoms with E-state index >= 15 is 0 Å². The topological polar surface area (TPSA) is 39.2 Å². The van der Waals surface area contributed by atoms with Crippen molar-refractivity contribution in [3.63, 3.8) is 0 Å². The van der Waals surface area contributed by atoms with Crippen molar-refractivity contribution < 1.29 is 9.53 Å². The molecule has 0 saturated heterocycles. The van der Waals surface area contributed by atoms with Crippen LogP contribution in [0.2, 0.25) is 0 Å². The minimum Gasteiger partial charge on any atom is -0.453 e. The zero-order chi connectivity index (χ0) is 16.5. The summed E-state index contributed by atoms with van der Waals surface area (Å²) < 4.78 is 5.61. The Morgan fingerprint density at radius 1 is 1.09 bits per heavy atom. The average molecular weight is 311 g/mol. The number of esters is 1. The van der Waals surface area contributed by atoms with Gasteiger partial charge in [0, 0.05) is 6.20 Å². The SMILES string of the molecule is CCCCCc1ccc(C(=O)OC(CC)c2ccccc2)nc1.